The summed E-state index contributed by atoms with van der Waals surface area (Å²) in [5, 5.41) is 9.23. The zero-order valence-electron chi connectivity index (χ0n) is 12.6. The fraction of sp³-hybridized carbons (Fsp3) is 0.750. The van der Waals surface area contributed by atoms with Crippen LogP contribution in [0.5, 0.6) is 0 Å². The van der Waals surface area contributed by atoms with Crippen molar-refractivity contribution < 1.29 is 4.79 Å². The average molecular weight is 275 g/mol. The van der Waals surface area contributed by atoms with Gasteiger partial charge in [0.05, 0.1) is 6.07 Å². The average Bonchev–Trinajstić information content (AvgIpc) is 2.92. The fourth-order valence-corrected chi connectivity index (χ4v) is 3.12. The molecule has 2 atom stereocenters. The lowest BCUT2D eigenvalue weighted by molar-refractivity contribution is -0.133. The van der Waals surface area contributed by atoms with Crippen molar-refractivity contribution in [2.75, 3.05) is 26.2 Å². The third-order valence-corrected chi connectivity index (χ3v) is 4.37. The highest BCUT2D eigenvalue weighted by Gasteiger charge is 2.28. The smallest absolute Gasteiger partial charge is 0.223 e. The van der Waals surface area contributed by atoms with Gasteiger partial charge in [0.2, 0.25) is 5.91 Å². The number of amides is 1. The highest BCUT2D eigenvalue weighted by Crippen LogP contribution is 2.22. The predicted octanol–water partition coefficient (Wildman–Crippen LogP) is 2.04. The quantitative estimate of drug-likeness (QED) is 0.738. The van der Waals surface area contributed by atoms with Gasteiger partial charge in [-0.1, -0.05) is 26.0 Å². The van der Waals surface area contributed by atoms with Gasteiger partial charge < -0.3 is 4.90 Å². The van der Waals surface area contributed by atoms with Crippen LogP contribution in [-0.2, 0) is 4.79 Å². The maximum Gasteiger partial charge on any atom is 0.223 e. The van der Waals surface area contributed by atoms with E-state index in [1.165, 1.54) is 0 Å². The van der Waals surface area contributed by atoms with E-state index < -0.39 is 0 Å². The van der Waals surface area contributed by atoms with Crippen LogP contribution in [0.1, 0.15) is 33.1 Å². The topological polar surface area (TPSA) is 47.3 Å². The molecule has 0 aromatic heterocycles. The van der Waals surface area contributed by atoms with Crippen molar-refractivity contribution >= 4 is 5.91 Å². The Morgan fingerprint density at radius 2 is 2.05 bits per heavy atom. The van der Waals surface area contributed by atoms with Gasteiger partial charge in [-0.05, 0) is 24.7 Å². The third kappa shape index (κ3) is 3.61. The van der Waals surface area contributed by atoms with Crippen molar-refractivity contribution in [1.82, 2.24) is 9.80 Å². The summed E-state index contributed by atoms with van der Waals surface area (Å²) in [4.78, 5) is 16.4. The number of rotatable bonds is 4. The normalized spacial score (nSPS) is 24.9. The minimum atomic E-state index is -0.0231. The molecule has 0 spiro atoms. The van der Waals surface area contributed by atoms with Crippen LogP contribution in [0, 0.1) is 23.2 Å². The minimum Gasteiger partial charge on any atom is -0.340 e. The highest BCUT2D eigenvalue weighted by atomic mass is 16.2. The van der Waals surface area contributed by atoms with E-state index in [1.54, 1.807) is 0 Å². The summed E-state index contributed by atoms with van der Waals surface area (Å²) in [5.41, 5.74) is 0. The molecular weight excluding hydrogens is 250 g/mol. The molecule has 1 aliphatic heterocycles. The summed E-state index contributed by atoms with van der Waals surface area (Å²) in [6.45, 7) is 7.33. The van der Waals surface area contributed by atoms with Crippen molar-refractivity contribution in [2.45, 2.75) is 39.2 Å². The molecule has 4 heteroatoms. The van der Waals surface area contributed by atoms with Crippen LogP contribution in [0.25, 0.3) is 0 Å². The first-order chi connectivity index (χ1) is 9.61. The molecule has 0 radical (unpaired) electrons. The Balaban J connectivity index is 1.80. The number of nitrogens with zero attached hydrogens (tertiary/aromatic N) is 3. The lowest BCUT2D eigenvalue weighted by Gasteiger charge is -2.38. The number of nitriles is 1. The van der Waals surface area contributed by atoms with Crippen LogP contribution in [-0.4, -0.2) is 47.9 Å². The van der Waals surface area contributed by atoms with Crippen LogP contribution in [0.15, 0.2) is 12.2 Å². The second-order valence-corrected chi connectivity index (χ2v) is 6.20. The molecule has 2 rings (SSSR count). The summed E-state index contributed by atoms with van der Waals surface area (Å²) >= 11 is 0. The van der Waals surface area contributed by atoms with Crippen LogP contribution >= 0.6 is 0 Å². The van der Waals surface area contributed by atoms with Crippen molar-refractivity contribution in [1.29, 1.82) is 5.26 Å². The summed E-state index contributed by atoms with van der Waals surface area (Å²) < 4.78 is 0. The zero-order valence-corrected chi connectivity index (χ0v) is 12.6. The predicted molar refractivity (Wildman–Crippen MR) is 78.9 cm³/mol. The molecule has 0 bridgehead atoms. The van der Waals surface area contributed by atoms with E-state index in [1.807, 2.05) is 4.90 Å². The molecule has 20 heavy (non-hydrogen) atoms. The highest BCUT2D eigenvalue weighted by molar-refractivity contribution is 5.76. The molecule has 0 saturated carbocycles. The number of hydrogen-bond acceptors (Lipinski definition) is 3. The maximum absolute atomic E-state index is 12.2. The first kappa shape index (κ1) is 15.1. The van der Waals surface area contributed by atoms with Gasteiger partial charge in [0.25, 0.3) is 0 Å². The Morgan fingerprint density at radius 3 is 2.55 bits per heavy atom. The van der Waals surface area contributed by atoms with Crippen LogP contribution in [0.2, 0.25) is 0 Å². The minimum absolute atomic E-state index is 0.0231. The van der Waals surface area contributed by atoms with E-state index in [2.05, 4.69) is 37.0 Å². The molecule has 1 aliphatic carbocycles. The van der Waals surface area contributed by atoms with Gasteiger partial charge in [0, 0.05) is 32.6 Å². The molecule has 0 N–H and O–H groups in total. The molecule has 1 heterocycles. The number of carbonyl (C=O) groups excluding carboxylic acids is 1. The fourth-order valence-electron chi connectivity index (χ4n) is 3.12. The molecular formula is C16H25N3O. The van der Waals surface area contributed by atoms with Crippen molar-refractivity contribution in [3.8, 4) is 6.07 Å². The SMILES string of the molecule is CC(C)C(C#N)N1CCN(C(=O)CC2C=CCC2)CC1. The Bertz CT molecular complexity index is 402. The zero-order chi connectivity index (χ0) is 14.5. The third-order valence-electron chi connectivity index (χ3n) is 4.37. The van der Waals surface area contributed by atoms with Crippen molar-refractivity contribution in [2.24, 2.45) is 11.8 Å². The van der Waals surface area contributed by atoms with Gasteiger partial charge in [0.15, 0.2) is 0 Å². The van der Waals surface area contributed by atoms with Gasteiger partial charge >= 0.3 is 0 Å². The molecule has 110 valence electrons. The van der Waals surface area contributed by atoms with E-state index >= 15 is 0 Å². The molecule has 1 saturated heterocycles. The van der Waals surface area contributed by atoms with Crippen molar-refractivity contribution in [3.63, 3.8) is 0 Å². The lowest BCUT2D eigenvalue weighted by Crippen LogP contribution is -2.53. The standard InChI is InChI=1S/C16H25N3O/c1-13(2)15(12-17)18-7-9-19(10-8-18)16(20)11-14-5-3-4-6-14/h3,5,13-15H,4,6-11H2,1-2H3. The summed E-state index contributed by atoms with van der Waals surface area (Å²) in [6, 6.07) is 2.36. The molecule has 4 nitrogen and oxygen atoms in total. The van der Waals surface area contributed by atoms with E-state index in [4.69, 9.17) is 0 Å². The van der Waals surface area contributed by atoms with Crippen LogP contribution in [0.4, 0.5) is 0 Å². The van der Waals surface area contributed by atoms with E-state index in [9.17, 15) is 10.1 Å². The first-order valence-electron chi connectivity index (χ1n) is 7.70. The number of piperazine rings is 1. The molecule has 1 fully saturated rings. The summed E-state index contributed by atoms with van der Waals surface area (Å²) in [7, 11) is 0. The summed E-state index contributed by atoms with van der Waals surface area (Å²) in [5.74, 6) is 1.06. The lowest BCUT2D eigenvalue weighted by atomic mass is 10.0. The second kappa shape index (κ2) is 6.90. The molecule has 1 amide bonds. The second-order valence-electron chi connectivity index (χ2n) is 6.20. The van der Waals surface area contributed by atoms with E-state index in [0.29, 0.717) is 18.3 Å². The number of carbonyl (C=O) groups is 1. The van der Waals surface area contributed by atoms with Gasteiger partial charge in [-0.15, -0.1) is 0 Å². The molecule has 0 aromatic rings. The molecule has 2 aliphatic rings. The van der Waals surface area contributed by atoms with Crippen LogP contribution in [0.3, 0.4) is 0 Å². The van der Waals surface area contributed by atoms with Gasteiger partial charge in [-0.3, -0.25) is 9.69 Å². The van der Waals surface area contributed by atoms with E-state index in [-0.39, 0.29) is 11.9 Å². The Morgan fingerprint density at radius 1 is 1.35 bits per heavy atom. The maximum atomic E-state index is 12.2. The molecule has 0 aromatic carbocycles. The van der Waals surface area contributed by atoms with Gasteiger partial charge in [-0.25, -0.2) is 0 Å². The van der Waals surface area contributed by atoms with Gasteiger partial charge in [-0.2, -0.15) is 5.26 Å². The Kier molecular flexibility index (Phi) is 5.19. The molecule has 2 unspecified atom stereocenters. The monoisotopic (exact) mass is 275 g/mol. The first-order valence-corrected chi connectivity index (χ1v) is 7.70. The summed E-state index contributed by atoms with van der Waals surface area (Å²) in [6.07, 6.45) is 7.25. The Hall–Kier alpha value is -1.34. The van der Waals surface area contributed by atoms with Gasteiger partial charge in [0.1, 0.15) is 6.04 Å². The Labute approximate surface area is 122 Å². The largest absolute Gasteiger partial charge is 0.340 e. The van der Waals surface area contributed by atoms with Crippen molar-refractivity contribution in [3.05, 3.63) is 12.2 Å². The number of allylic oxidation sites excluding steroid dienone is 2. The van der Waals surface area contributed by atoms with Crippen LogP contribution < -0.4 is 0 Å². The van der Waals surface area contributed by atoms with E-state index in [0.717, 1.165) is 39.0 Å². The number of hydrogen-bond donors (Lipinski definition) is 0.